The van der Waals surface area contributed by atoms with Crippen LogP contribution in [0.4, 0.5) is 5.69 Å². The first kappa shape index (κ1) is 19.6. The number of phenolic OH excluding ortho intramolecular Hbond substituents is 1. The maximum absolute atomic E-state index is 12.2. The van der Waals surface area contributed by atoms with E-state index in [2.05, 4.69) is 15.8 Å². The van der Waals surface area contributed by atoms with Gasteiger partial charge in [0.05, 0.1) is 16.2 Å². The Morgan fingerprint density at radius 1 is 1.07 bits per heavy atom. The number of halogens is 1. The van der Waals surface area contributed by atoms with Crippen molar-refractivity contribution in [3.63, 3.8) is 0 Å². The average Bonchev–Trinajstić information content (AvgIpc) is 3.23. The normalized spacial score (nSPS) is 11.1. The zero-order valence-corrected chi connectivity index (χ0v) is 16.3. The Morgan fingerprint density at radius 3 is 2.64 bits per heavy atom. The van der Waals surface area contributed by atoms with Gasteiger partial charge in [-0.15, -0.1) is 11.3 Å². The van der Waals surface area contributed by atoms with Crippen LogP contribution in [0.5, 0.6) is 5.75 Å². The van der Waals surface area contributed by atoms with Gasteiger partial charge in [-0.1, -0.05) is 29.8 Å². The minimum absolute atomic E-state index is 0.0287. The number of aromatic hydroxyl groups is 1. The van der Waals surface area contributed by atoms with E-state index in [1.54, 1.807) is 31.2 Å². The van der Waals surface area contributed by atoms with E-state index in [4.69, 9.17) is 11.6 Å². The maximum atomic E-state index is 12.2. The molecule has 0 aliphatic rings. The second-order valence-corrected chi connectivity index (χ2v) is 7.20. The molecular formula is C20H16ClN3O3S. The third kappa shape index (κ3) is 4.76. The highest BCUT2D eigenvalue weighted by atomic mass is 35.5. The van der Waals surface area contributed by atoms with E-state index in [1.807, 2.05) is 17.5 Å². The Hall–Kier alpha value is -3.16. The van der Waals surface area contributed by atoms with Crippen LogP contribution in [-0.4, -0.2) is 22.6 Å². The molecule has 0 bridgehead atoms. The summed E-state index contributed by atoms with van der Waals surface area (Å²) < 4.78 is 0. The zero-order chi connectivity index (χ0) is 20.1. The molecule has 8 heteroatoms. The Labute approximate surface area is 170 Å². The van der Waals surface area contributed by atoms with Crippen molar-refractivity contribution < 1.29 is 14.7 Å². The second-order valence-electron chi connectivity index (χ2n) is 5.81. The smallest absolute Gasteiger partial charge is 0.275 e. The number of carbonyl (C=O) groups is 2. The molecule has 0 unspecified atom stereocenters. The topological polar surface area (TPSA) is 90.8 Å². The minimum Gasteiger partial charge on any atom is -0.507 e. The SMILES string of the molecule is C/C(=N\NC(=O)c1cc(Cl)ccc1O)c1cccc(NC(=O)c2cccs2)c1. The van der Waals surface area contributed by atoms with Crippen molar-refractivity contribution in [2.75, 3.05) is 5.32 Å². The summed E-state index contributed by atoms with van der Waals surface area (Å²) in [6.07, 6.45) is 0. The Morgan fingerprint density at radius 2 is 1.89 bits per heavy atom. The fourth-order valence-electron chi connectivity index (χ4n) is 2.37. The van der Waals surface area contributed by atoms with Crippen molar-refractivity contribution in [2.45, 2.75) is 6.92 Å². The highest BCUT2D eigenvalue weighted by Crippen LogP contribution is 2.21. The molecule has 1 aromatic heterocycles. The van der Waals surface area contributed by atoms with Gasteiger partial charge < -0.3 is 10.4 Å². The third-order valence-electron chi connectivity index (χ3n) is 3.81. The van der Waals surface area contributed by atoms with Gasteiger partial charge in [0.1, 0.15) is 5.75 Å². The molecule has 0 radical (unpaired) electrons. The van der Waals surface area contributed by atoms with Crippen molar-refractivity contribution in [2.24, 2.45) is 5.10 Å². The number of phenols is 1. The molecule has 2 amide bonds. The lowest BCUT2D eigenvalue weighted by molar-refractivity contribution is 0.0951. The van der Waals surface area contributed by atoms with Crippen LogP contribution in [-0.2, 0) is 0 Å². The van der Waals surface area contributed by atoms with E-state index in [-0.39, 0.29) is 17.2 Å². The van der Waals surface area contributed by atoms with Crippen LogP contribution in [0.3, 0.4) is 0 Å². The number of thiophene rings is 1. The number of rotatable bonds is 5. The van der Waals surface area contributed by atoms with E-state index in [1.165, 1.54) is 29.5 Å². The molecule has 0 saturated carbocycles. The van der Waals surface area contributed by atoms with E-state index >= 15 is 0 Å². The summed E-state index contributed by atoms with van der Waals surface area (Å²) in [6.45, 7) is 1.72. The van der Waals surface area contributed by atoms with Crippen molar-refractivity contribution >= 4 is 46.2 Å². The number of hydrogen-bond donors (Lipinski definition) is 3. The molecule has 3 aromatic rings. The minimum atomic E-state index is -0.582. The van der Waals surface area contributed by atoms with Crippen LogP contribution >= 0.6 is 22.9 Å². The van der Waals surface area contributed by atoms with E-state index < -0.39 is 5.91 Å². The van der Waals surface area contributed by atoms with Crippen LogP contribution in [0.25, 0.3) is 0 Å². The molecule has 3 N–H and O–H groups in total. The lowest BCUT2D eigenvalue weighted by atomic mass is 10.1. The Bertz CT molecular complexity index is 1050. The molecule has 0 aliphatic heterocycles. The number of hydrogen-bond acceptors (Lipinski definition) is 5. The second kappa shape index (κ2) is 8.69. The Balaban J connectivity index is 1.71. The largest absolute Gasteiger partial charge is 0.507 e. The summed E-state index contributed by atoms with van der Waals surface area (Å²) in [6, 6.07) is 14.9. The van der Waals surface area contributed by atoms with Gasteiger partial charge in [0, 0.05) is 10.7 Å². The van der Waals surface area contributed by atoms with E-state index in [9.17, 15) is 14.7 Å². The van der Waals surface area contributed by atoms with Gasteiger partial charge in [-0.3, -0.25) is 9.59 Å². The van der Waals surface area contributed by atoms with Crippen LogP contribution in [0.1, 0.15) is 32.5 Å². The third-order valence-corrected chi connectivity index (χ3v) is 4.92. The average molecular weight is 414 g/mol. The molecular weight excluding hydrogens is 398 g/mol. The van der Waals surface area contributed by atoms with Crippen LogP contribution in [0, 0.1) is 0 Å². The fraction of sp³-hybridized carbons (Fsp3) is 0.0500. The van der Waals surface area contributed by atoms with Gasteiger partial charge in [0.15, 0.2) is 0 Å². The summed E-state index contributed by atoms with van der Waals surface area (Å²) in [5.74, 6) is -0.957. The molecule has 0 aliphatic carbocycles. The Kier molecular flexibility index (Phi) is 6.08. The van der Waals surface area contributed by atoms with Gasteiger partial charge in [-0.05, 0) is 54.3 Å². The quantitative estimate of drug-likeness (QED) is 0.424. The standard InChI is InChI=1S/C20H16ClN3O3S/c1-12(23-24-19(26)16-11-14(21)7-8-17(16)25)13-4-2-5-15(10-13)22-20(27)18-6-3-9-28-18/h2-11,25H,1H3,(H,22,27)(H,24,26)/b23-12+. The molecule has 3 rings (SSSR count). The van der Waals surface area contributed by atoms with E-state index in [0.29, 0.717) is 21.3 Å². The van der Waals surface area contributed by atoms with Gasteiger partial charge in [-0.2, -0.15) is 5.10 Å². The highest BCUT2D eigenvalue weighted by molar-refractivity contribution is 7.12. The number of amides is 2. The van der Waals surface area contributed by atoms with Crippen molar-refractivity contribution in [3.05, 3.63) is 81.0 Å². The zero-order valence-electron chi connectivity index (χ0n) is 14.8. The lowest BCUT2D eigenvalue weighted by Crippen LogP contribution is -2.19. The molecule has 28 heavy (non-hydrogen) atoms. The van der Waals surface area contributed by atoms with Crippen molar-refractivity contribution in [1.82, 2.24) is 5.43 Å². The summed E-state index contributed by atoms with van der Waals surface area (Å²) in [5.41, 5.74) is 4.29. The molecule has 0 atom stereocenters. The van der Waals surface area contributed by atoms with Crippen molar-refractivity contribution in [1.29, 1.82) is 0 Å². The molecule has 1 heterocycles. The van der Waals surface area contributed by atoms with Gasteiger partial charge in [-0.25, -0.2) is 5.43 Å². The first-order chi connectivity index (χ1) is 13.4. The van der Waals surface area contributed by atoms with Gasteiger partial charge in [0.25, 0.3) is 11.8 Å². The van der Waals surface area contributed by atoms with Crippen LogP contribution in [0.15, 0.2) is 65.1 Å². The molecule has 142 valence electrons. The summed E-state index contributed by atoms with van der Waals surface area (Å²) in [5, 5.41) is 18.8. The van der Waals surface area contributed by atoms with Crippen LogP contribution < -0.4 is 10.7 Å². The van der Waals surface area contributed by atoms with Crippen LogP contribution in [0.2, 0.25) is 5.02 Å². The summed E-state index contributed by atoms with van der Waals surface area (Å²) in [7, 11) is 0. The molecule has 6 nitrogen and oxygen atoms in total. The maximum Gasteiger partial charge on any atom is 0.275 e. The number of benzene rings is 2. The molecule has 2 aromatic carbocycles. The molecule has 0 saturated heterocycles. The monoisotopic (exact) mass is 413 g/mol. The number of hydrazone groups is 1. The highest BCUT2D eigenvalue weighted by Gasteiger charge is 2.12. The molecule has 0 spiro atoms. The number of nitrogens with zero attached hydrogens (tertiary/aromatic N) is 1. The van der Waals surface area contributed by atoms with Gasteiger partial charge >= 0.3 is 0 Å². The predicted octanol–water partition coefficient (Wildman–Crippen LogP) is 4.51. The van der Waals surface area contributed by atoms with Gasteiger partial charge in [0.2, 0.25) is 0 Å². The summed E-state index contributed by atoms with van der Waals surface area (Å²) in [4.78, 5) is 25.0. The first-order valence-electron chi connectivity index (χ1n) is 8.22. The first-order valence-corrected chi connectivity index (χ1v) is 9.48. The van der Waals surface area contributed by atoms with Crippen molar-refractivity contribution in [3.8, 4) is 5.75 Å². The van der Waals surface area contributed by atoms with E-state index in [0.717, 1.165) is 5.56 Å². The molecule has 0 fully saturated rings. The number of nitrogens with one attached hydrogen (secondary N) is 2. The fourth-order valence-corrected chi connectivity index (χ4v) is 3.16. The lowest BCUT2D eigenvalue weighted by Gasteiger charge is -2.08. The number of carbonyl (C=O) groups excluding carboxylic acids is 2. The predicted molar refractivity (Wildman–Crippen MR) is 112 cm³/mol. The number of anilines is 1. The summed E-state index contributed by atoms with van der Waals surface area (Å²) >= 11 is 7.21.